The van der Waals surface area contributed by atoms with Gasteiger partial charge in [0.2, 0.25) is 5.91 Å². The Labute approximate surface area is 190 Å². The van der Waals surface area contributed by atoms with E-state index in [1.165, 1.54) is 0 Å². The maximum Gasteiger partial charge on any atom is 0.246 e. The molecule has 1 saturated heterocycles. The monoisotopic (exact) mass is 460 g/mol. The van der Waals surface area contributed by atoms with Crippen molar-refractivity contribution in [2.45, 2.75) is 6.04 Å². The summed E-state index contributed by atoms with van der Waals surface area (Å²) in [6, 6.07) is 16.7. The van der Waals surface area contributed by atoms with Gasteiger partial charge >= 0.3 is 0 Å². The van der Waals surface area contributed by atoms with E-state index in [0.29, 0.717) is 40.5 Å². The van der Waals surface area contributed by atoms with Gasteiger partial charge in [0.1, 0.15) is 5.76 Å². The third-order valence-electron chi connectivity index (χ3n) is 5.10. The zero-order chi connectivity index (χ0) is 21.1. The summed E-state index contributed by atoms with van der Waals surface area (Å²) in [6.45, 7) is 1.72. The number of furan rings is 1. The normalized spacial score (nSPS) is 17.0. The Kier molecular flexibility index (Phi) is 6.38. The lowest BCUT2D eigenvalue weighted by atomic mass is 10.0. The number of halogens is 3. The topological polar surface area (TPSA) is 36.7 Å². The lowest BCUT2D eigenvalue weighted by molar-refractivity contribution is -0.126. The van der Waals surface area contributed by atoms with Crippen molar-refractivity contribution in [2.75, 3.05) is 24.5 Å². The van der Waals surface area contributed by atoms with Gasteiger partial charge in [0.05, 0.1) is 23.0 Å². The first-order valence-corrected chi connectivity index (χ1v) is 10.6. The van der Waals surface area contributed by atoms with E-state index in [1.54, 1.807) is 36.6 Å². The molecule has 1 fully saturated rings. The van der Waals surface area contributed by atoms with E-state index < -0.39 is 0 Å². The highest BCUT2D eigenvalue weighted by Crippen LogP contribution is 2.36. The molecule has 0 spiro atoms. The van der Waals surface area contributed by atoms with Crippen LogP contribution in [0.2, 0.25) is 15.1 Å². The quantitative estimate of drug-likeness (QED) is 0.425. The molecule has 2 aromatic carbocycles. The van der Waals surface area contributed by atoms with E-state index in [1.807, 2.05) is 41.3 Å². The number of hydrogen-bond donors (Lipinski definition) is 0. The second kappa shape index (κ2) is 9.17. The zero-order valence-electron chi connectivity index (χ0n) is 16.0. The third-order valence-corrected chi connectivity index (χ3v) is 5.89. The smallest absolute Gasteiger partial charge is 0.246 e. The number of piperazine rings is 1. The number of amides is 1. The van der Waals surface area contributed by atoms with Gasteiger partial charge in [-0.25, -0.2) is 0 Å². The highest BCUT2D eigenvalue weighted by molar-refractivity contribution is 6.36. The van der Waals surface area contributed by atoms with Crippen molar-refractivity contribution in [3.8, 4) is 0 Å². The van der Waals surface area contributed by atoms with Crippen LogP contribution in [0.25, 0.3) is 6.08 Å². The number of carbonyl (C=O) groups excluding carboxylic acids is 1. The van der Waals surface area contributed by atoms with Crippen molar-refractivity contribution in [3.05, 3.63) is 93.3 Å². The van der Waals surface area contributed by atoms with E-state index >= 15 is 0 Å². The van der Waals surface area contributed by atoms with Gasteiger partial charge in [0.25, 0.3) is 0 Å². The van der Waals surface area contributed by atoms with Crippen LogP contribution in [0.1, 0.15) is 17.4 Å². The molecule has 0 aliphatic carbocycles. The molecule has 1 aliphatic rings. The number of anilines is 1. The molecular formula is C23H19Cl3N2O2. The largest absolute Gasteiger partial charge is 0.465 e. The van der Waals surface area contributed by atoms with Crippen molar-refractivity contribution in [1.82, 2.24) is 4.90 Å². The molecule has 1 atom stereocenters. The predicted molar refractivity (Wildman–Crippen MR) is 122 cm³/mol. The van der Waals surface area contributed by atoms with E-state index in [2.05, 4.69) is 4.90 Å². The van der Waals surface area contributed by atoms with Gasteiger partial charge < -0.3 is 14.2 Å². The molecule has 1 aliphatic heterocycles. The number of nitrogens with zero attached hydrogens (tertiary/aromatic N) is 2. The van der Waals surface area contributed by atoms with Gasteiger partial charge in [-0.05, 0) is 54.1 Å². The summed E-state index contributed by atoms with van der Waals surface area (Å²) in [5, 5.41) is 1.84. The predicted octanol–water partition coefficient (Wildman–Crippen LogP) is 6.34. The first-order chi connectivity index (χ1) is 14.5. The Hall–Kier alpha value is -2.40. The Morgan fingerprint density at radius 3 is 2.47 bits per heavy atom. The van der Waals surface area contributed by atoms with Crippen LogP contribution in [0.4, 0.5) is 5.69 Å². The van der Waals surface area contributed by atoms with E-state index in [4.69, 9.17) is 39.2 Å². The molecule has 0 N–H and O–H groups in total. The Balaban J connectivity index is 1.61. The summed E-state index contributed by atoms with van der Waals surface area (Å²) in [5.41, 5.74) is 1.94. The van der Waals surface area contributed by atoms with Gasteiger partial charge in [-0.2, -0.15) is 0 Å². The van der Waals surface area contributed by atoms with Gasteiger partial charge in [-0.15, -0.1) is 0 Å². The molecule has 0 saturated carbocycles. The lowest BCUT2D eigenvalue weighted by Crippen LogP contribution is -2.50. The van der Waals surface area contributed by atoms with Crippen molar-refractivity contribution >= 4 is 52.5 Å². The Morgan fingerprint density at radius 1 is 1.00 bits per heavy atom. The minimum Gasteiger partial charge on any atom is -0.465 e. The van der Waals surface area contributed by atoms with Crippen LogP contribution >= 0.6 is 34.8 Å². The first-order valence-electron chi connectivity index (χ1n) is 9.49. The summed E-state index contributed by atoms with van der Waals surface area (Å²) >= 11 is 18.7. The van der Waals surface area contributed by atoms with Crippen LogP contribution in [0, 0.1) is 0 Å². The molecule has 3 aromatic rings. The van der Waals surface area contributed by atoms with Gasteiger partial charge in [0.15, 0.2) is 0 Å². The summed E-state index contributed by atoms with van der Waals surface area (Å²) in [6.07, 6.45) is 4.81. The molecule has 0 radical (unpaired) electrons. The lowest BCUT2D eigenvalue weighted by Gasteiger charge is -2.43. The second-order valence-corrected chi connectivity index (χ2v) is 8.27. The van der Waals surface area contributed by atoms with Crippen LogP contribution in [0.3, 0.4) is 0 Å². The van der Waals surface area contributed by atoms with Crippen LogP contribution in [0.5, 0.6) is 0 Å². The van der Waals surface area contributed by atoms with Crippen molar-refractivity contribution < 1.29 is 9.21 Å². The van der Waals surface area contributed by atoms with Crippen LogP contribution in [0.15, 0.2) is 71.4 Å². The molecule has 30 heavy (non-hydrogen) atoms. The van der Waals surface area contributed by atoms with Gasteiger partial charge in [-0.1, -0.05) is 46.9 Å². The second-order valence-electron chi connectivity index (χ2n) is 6.99. The average Bonchev–Trinajstić information content (AvgIpc) is 3.26. The molecule has 2 heterocycles. The molecule has 4 rings (SSSR count). The number of carbonyl (C=O) groups is 1. The minimum absolute atomic E-state index is 0.0628. The van der Waals surface area contributed by atoms with E-state index in [-0.39, 0.29) is 11.9 Å². The summed E-state index contributed by atoms with van der Waals surface area (Å²) in [5.74, 6) is 0.580. The number of benzene rings is 2. The number of hydrogen-bond acceptors (Lipinski definition) is 3. The molecule has 0 bridgehead atoms. The van der Waals surface area contributed by atoms with Crippen molar-refractivity contribution in [2.24, 2.45) is 0 Å². The first kappa shape index (κ1) is 20.9. The van der Waals surface area contributed by atoms with E-state index in [9.17, 15) is 4.79 Å². The molecule has 1 unspecified atom stereocenters. The molecular weight excluding hydrogens is 443 g/mol. The fraction of sp³-hybridized carbons (Fsp3) is 0.174. The van der Waals surface area contributed by atoms with Crippen molar-refractivity contribution in [3.63, 3.8) is 0 Å². The molecule has 1 amide bonds. The molecule has 7 heteroatoms. The highest BCUT2D eigenvalue weighted by atomic mass is 35.5. The molecule has 4 nitrogen and oxygen atoms in total. The summed E-state index contributed by atoms with van der Waals surface area (Å²) in [4.78, 5) is 16.8. The van der Waals surface area contributed by atoms with Crippen LogP contribution in [-0.4, -0.2) is 30.4 Å². The highest BCUT2D eigenvalue weighted by Gasteiger charge is 2.31. The standard InChI is InChI=1S/C23H19Cl3N2O2/c24-17-5-3-16(4-6-17)22-15-27(23(29)10-8-19-2-1-13-30-19)11-12-28(22)21-9-7-18(25)14-20(21)26/h1-10,13-14,22H,11-12,15H2. The third kappa shape index (κ3) is 4.67. The zero-order valence-corrected chi connectivity index (χ0v) is 18.2. The van der Waals surface area contributed by atoms with E-state index in [0.717, 1.165) is 11.3 Å². The maximum atomic E-state index is 12.8. The fourth-order valence-electron chi connectivity index (χ4n) is 3.60. The summed E-state index contributed by atoms with van der Waals surface area (Å²) < 4.78 is 5.27. The SMILES string of the molecule is O=C(C=Cc1ccco1)N1CCN(c2ccc(Cl)cc2Cl)C(c2ccc(Cl)cc2)C1. The summed E-state index contributed by atoms with van der Waals surface area (Å²) in [7, 11) is 0. The van der Waals surface area contributed by atoms with Crippen molar-refractivity contribution in [1.29, 1.82) is 0 Å². The minimum atomic E-state index is -0.0735. The van der Waals surface area contributed by atoms with Crippen LogP contribution in [-0.2, 0) is 4.79 Å². The molecule has 154 valence electrons. The molecule has 1 aromatic heterocycles. The van der Waals surface area contributed by atoms with Gasteiger partial charge in [-0.3, -0.25) is 4.79 Å². The Morgan fingerprint density at radius 2 is 1.77 bits per heavy atom. The fourth-order valence-corrected chi connectivity index (χ4v) is 4.24. The Bertz CT molecular complexity index is 1050. The number of rotatable bonds is 4. The van der Waals surface area contributed by atoms with Crippen LogP contribution < -0.4 is 4.90 Å². The maximum absolute atomic E-state index is 12.8. The average molecular weight is 462 g/mol. The van der Waals surface area contributed by atoms with Gasteiger partial charge in [0, 0.05) is 35.8 Å².